The van der Waals surface area contributed by atoms with Gasteiger partial charge in [-0.2, -0.15) is 0 Å². The summed E-state index contributed by atoms with van der Waals surface area (Å²) in [6.45, 7) is 8.96. The lowest BCUT2D eigenvalue weighted by Gasteiger charge is -2.19. The van der Waals surface area contributed by atoms with Crippen LogP contribution in [-0.2, 0) is 0 Å². The summed E-state index contributed by atoms with van der Waals surface area (Å²) in [5.74, 6) is 1.38. The number of nitrogens with one attached hydrogen (secondary N) is 1. The van der Waals surface area contributed by atoms with Crippen LogP contribution in [0.3, 0.4) is 0 Å². The predicted molar refractivity (Wildman–Crippen MR) is 86.0 cm³/mol. The third-order valence-corrected chi connectivity index (χ3v) is 3.71. The zero-order valence-corrected chi connectivity index (χ0v) is 13.3. The van der Waals surface area contributed by atoms with E-state index < -0.39 is 0 Å². The van der Waals surface area contributed by atoms with Crippen molar-refractivity contribution in [1.29, 1.82) is 0 Å². The minimum absolute atomic E-state index is 0.587. The Labute approximate surface area is 123 Å². The Balaban J connectivity index is 2.57. The van der Waals surface area contributed by atoms with E-state index in [4.69, 9.17) is 11.6 Å². The SMILES string of the molecule is CCCNCC(CCCC(C)C)c1cccc(Cl)c1. The van der Waals surface area contributed by atoms with Gasteiger partial charge < -0.3 is 5.32 Å². The van der Waals surface area contributed by atoms with Crippen LogP contribution >= 0.6 is 11.6 Å². The van der Waals surface area contributed by atoms with Gasteiger partial charge in [0.05, 0.1) is 0 Å². The molecule has 0 heterocycles. The van der Waals surface area contributed by atoms with Crippen LogP contribution in [0.25, 0.3) is 0 Å². The third-order valence-electron chi connectivity index (χ3n) is 3.47. The predicted octanol–water partition coefficient (Wildman–Crippen LogP) is 5.25. The summed E-state index contributed by atoms with van der Waals surface area (Å²) >= 11 is 6.11. The first-order valence-electron chi connectivity index (χ1n) is 7.59. The molecule has 19 heavy (non-hydrogen) atoms. The fraction of sp³-hybridized carbons (Fsp3) is 0.647. The van der Waals surface area contributed by atoms with Crippen LogP contribution in [-0.4, -0.2) is 13.1 Å². The molecule has 0 fully saturated rings. The van der Waals surface area contributed by atoms with Crippen LogP contribution in [0.4, 0.5) is 0 Å². The maximum atomic E-state index is 6.11. The Kier molecular flexibility index (Phi) is 8.16. The monoisotopic (exact) mass is 281 g/mol. The lowest BCUT2D eigenvalue weighted by atomic mass is 9.92. The van der Waals surface area contributed by atoms with Gasteiger partial charge in [0, 0.05) is 11.6 Å². The molecule has 1 aromatic carbocycles. The molecular weight excluding hydrogens is 254 g/mol. The summed E-state index contributed by atoms with van der Waals surface area (Å²) in [5.41, 5.74) is 1.37. The molecule has 1 nitrogen and oxygen atoms in total. The molecule has 0 aromatic heterocycles. The molecule has 1 atom stereocenters. The van der Waals surface area contributed by atoms with Crippen LogP contribution in [0.2, 0.25) is 5.02 Å². The summed E-state index contributed by atoms with van der Waals surface area (Å²) < 4.78 is 0. The lowest BCUT2D eigenvalue weighted by molar-refractivity contribution is 0.480. The highest BCUT2D eigenvalue weighted by atomic mass is 35.5. The normalized spacial score (nSPS) is 12.9. The van der Waals surface area contributed by atoms with E-state index in [1.165, 1.54) is 31.2 Å². The second-order valence-electron chi connectivity index (χ2n) is 5.78. The molecule has 1 aromatic rings. The zero-order chi connectivity index (χ0) is 14.1. The molecule has 1 unspecified atom stereocenters. The van der Waals surface area contributed by atoms with Gasteiger partial charge in [-0.25, -0.2) is 0 Å². The minimum Gasteiger partial charge on any atom is -0.316 e. The molecular formula is C17H28ClN. The van der Waals surface area contributed by atoms with Crippen LogP contribution in [0.1, 0.15) is 57.9 Å². The Bertz CT molecular complexity index is 349. The van der Waals surface area contributed by atoms with Gasteiger partial charge in [-0.05, 0) is 48.9 Å². The van der Waals surface area contributed by atoms with Crippen molar-refractivity contribution in [2.45, 2.75) is 52.4 Å². The van der Waals surface area contributed by atoms with Gasteiger partial charge in [0.2, 0.25) is 0 Å². The standard InChI is InChI=1S/C17H28ClN/c1-4-11-19-13-16(9-5-7-14(2)3)15-8-6-10-17(18)12-15/h6,8,10,12,14,16,19H,4-5,7,9,11,13H2,1-3H3. The molecule has 0 aliphatic heterocycles. The Morgan fingerprint density at radius 3 is 2.63 bits per heavy atom. The van der Waals surface area contributed by atoms with Crippen LogP contribution in [0.5, 0.6) is 0 Å². The van der Waals surface area contributed by atoms with Crippen molar-refractivity contribution in [3.05, 3.63) is 34.9 Å². The van der Waals surface area contributed by atoms with E-state index in [2.05, 4.69) is 44.3 Å². The molecule has 0 saturated heterocycles. The summed E-state index contributed by atoms with van der Waals surface area (Å²) in [7, 11) is 0. The molecule has 0 radical (unpaired) electrons. The van der Waals surface area contributed by atoms with Gasteiger partial charge in [-0.1, -0.05) is 57.3 Å². The topological polar surface area (TPSA) is 12.0 Å². The van der Waals surface area contributed by atoms with Crippen molar-refractivity contribution in [2.24, 2.45) is 5.92 Å². The quantitative estimate of drug-likeness (QED) is 0.610. The average Bonchev–Trinajstić information content (AvgIpc) is 2.37. The van der Waals surface area contributed by atoms with E-state index in [1.54, 1.807) is 0 Å². The highest BCUT2D eigenvalue weighted by Crippen LogP contribution is 2.25. The average molecular weight is 282 g/mol. The van der Waals surface area contributed by atoms with E-state index in [-0.39, 0.29) is 0 Å². The van der Waals surface area contributed by atoms with E-state index in [0.29, 0.717) is 5.92 Å². The van der Waals surface area contributed by atoms with Crippen molar-refractivity contribution in [1.82, 2.24) is 5.32 Å². The first-order chi connectivity index (χ1) is 9.13. The summed E-state index contributed by atoms with van der Waals surface area (Å²) in [5, 5.41) is 4.40. The Hall–Kier alpha value is -0.530. The third kappa shape index (κ3) is 6.98. The van der Waals surface area contributed by atoms with Crippen LogP contribution in [0.15, 0.2) is 24.3 Å². The molecule has 1 N–H and O–H groups in total. The van der Waals surface area contributed by atoms with Crippen LogP contribution < -0.4 is 5.32 Å². The van der Waals surface area contributed by atoms with E-state index >= 15 is 0 Å². The van der Waals surface area contributed by atoms with Crippen molar-refractivity contribution in [3.63, 3.8) is 0 Å². The highest BCUT2D eigenvalue weighted by Gasteiger charge is 2.11. The molecule has 0 bridgehead atoms. The first-order valence-corrected chi connectivity index (χ1v) is 7.97. The molecule has 0 aliphatic rings. The van der Waals surface area contributed by atoms with Crippen molar-refractivity contribution < 1.29 is 0 Å². The molecule has 108 valence electrons. The largest absolute Gasteiger partial charge is 0.316 e. The number of benzene rings is 1. The summed E-state index contributed by atoms with van der Waals surface area (Å²) in [6.07, 6.45) is 5.04. The maximum Gasteiger partial charge on any atom is 0.0408 e. The van der Waals surface area contributed by atoms with Crippen molar-refractivity contribution in [3.8, 4) is 0 Å². The van der Waals surface area contributed by atoms with Crippen molar-refractivity contribution in [2.75, 3.05) is 13.1 Å². The molecule has 0 aliphatic carbocycles. The highest BCUT2D eigenvalue weighted by molar-refractivity contribution is 6.30. The molecule has 0 spiro atoms. The number of hydrogen-bond acceptors (Lipinski definition) is 1. The van der Waals surface area contributed by atoms with Gasteiger partial charge in [0.1, 0.15) is 0 Å². The summed E-state index contributed by atoms with van der Waals surface area (Å²) in [6, 6.07) is 8.34. The smallest absolute Gasteiger partial charge is 0.0408 e. The number of rotatable bonds is 9. The minimum atomic E-state index is 0.587. The lowest BCUT2D eigenvalue weighted by Crippen LogP contribution is -2.22. The molecule has 1 rings (SSSR count). The molecule has 0 amide bonds. The fourth-order valence-corrected chi connectivity index (χ4v) is 2.57. The molecule has 2 heteroatoms. The number of hydrogen-bond donors (Lipinski definition) is 1. The van der Waals surface area contributed by atoms with Gasteiger partial charge in [-0.3, -0.25) is 0 Å². The molecule has 0 saturated carbocycles. The van der Waals surface area contributed by atoms with E-state index in [9.17, 15) is 0 Å². The Morgan fingerprint density at radius 2 is 2.00 bits per heavy atom. The fourth-order valence-electron chi connectivity index (χ4n) is 2.37. The van der Waals surface area contributed by atoms with Crippen molar-refractivity contribution >= 4 is 11.6 Å². The first kappa shape index (κ1) is 16.5. The van der Waals surface area contributed by atoms with Gasteiger partial charge in [-0.15, -0.1) is 0 Å². The number of halogens is 1. The van der Waals surface area contributed by atoms with Gasteiger partial charge in [0.25, 0.3) is 0 Å². The second kappa shape index (κ2) is 9.39. The van der Waals surface area contributed by atoms with E-state index in [0.717, 1.165) is 24.0 Å². The summed E-state index contributed by atoms with van der Waals surface area (Å²) in [4.78, 5) is 0. The zero-order valence-electron chi connectivity index (χ0n) is 12.6. The maximum absolute atomic E-state index is 6.11. The second-order valence-corrected chi connectivity index (χ2v) is 6.22. The Morgan fingerprint density at radius 1 is 1.21 bits per heavy atom. The van der Waals surface area contributed by atoms with Gasteiger partial charge >= 0.3 is 0 Å². The van der Waals surface area contributed by atoms with Crippen LogP contribution in [0, 0.1) is 5.92 Å². The van der Waals surface area contributed by atoms with Gasteiger partial charge in [0.15, 0.2) is 0 Å². The van der Waals surface area contributed by atoms with E-state index in [1.807, 2.05) is 6.07 Å².